The number of benzene rings is 2. The zero-order chi connectivity index (χ0) is 20.6. The summed E-state index contributed by atoms with van der Waals surface area (Å²) < 4.78 is 0. The molecule has 0 unspecified atom stereocenters. The van der Waals surface area contributed by atoms with Gasteiger partial charge in [0.2, 0.25) is 0 Å². The summed E-state index contributed by atoms with van der Waals surface area (Å²) in [5, 5.41) is 8.49. The number of nitrogens with one attached hydrogen (secondary N) is 1. The molecule has 1 fully saturated rings. The van der Waals surface area contributed by atoms with E-state index < -0.39 is 5.91 Å². The predicted molar refractivity (Wildman–Crippen MR) is 115 cm³/mol. The number of hydrogen-bond acceptors (Lipinski definition) is 5. The summed E-state index contributed by atoms with van der Waals surface area (Å²) in [5.74, 6) is -0.610. The highest BCUT2D eigenvalue weighted by molar-refractivity contribution is 6.10. The van der Waals surface area contributed by atoms with Crippen molar-refractivity contribution in [3.63, 3.8) is 0 Å². The molecule has 2 aromatic rings. The number of anilines is 1. The SMILES string of the molecule is CN1CCN(c2ccccc2C(=O)/C=C/c2ccc(/C=C/C(=O)NO)cc2)CC1. The van der Waals surface area contributed by atoms with Crippen LogP contribution in [0.25, 0.3) is 12.2 Å². The maximum absolute atomic E-state index is 12.8. The van der Waals surface area contributed by atoms with E-state index in [-0.39, 0.29) is 5.78 Å². The van der Waals surface area contributed by atoms with Gasteiger partial charge in [-0.15, -0.1) is 0 Å². The minimum atomic E-state index is -0.585. The summed E-state index contributed by atoms with van der Waals surface area (Å²) >= 11 is 0. The summed E-state index contributed by atoms with van der Waals surface area (Å²) in [6.45, 7) is 3.79. The van der Waals surface area contributed by atoms with E-state index in [4.69, 9.17) is 5.21 Å². The number of rotatable bonds is 6. The number of ketones is 1. The third-order valence-corrected chi connectivity index (χ3v) is 4.91. The Kier molecular flexibility index (Phi) is 6.94. The third-order valence-electron chi connectivity index (χ3n) is 4.91. The van der Waals surface area contributed by atoms with Crippen molar-refractivity contribution in [2.75, 3.05) is 38.1 Å². The molecule has 1 heterocycles. The monoisotopic (exact) mass is 391 g/mol. The van der Waals surface area contributed by atoms with E-state index >= 15 is 0 Å². The molecule has 0 spiro atoms. The minimum Gasteiger partial charge on any atom is -0.368 e. The third kappa shape index (κ3) is 5.63. The largest absolute Gasteiger partial charge is 0.368 e. The van der Waals surface area contributed by atoms with Crippen molar-refractivity contribution in [3.8, 4) is 0 Å². The molecule has 0 atom stereocenters. The molecule has 0 bridgehead atoms. The highest BCUT2D eigenvalue weighted by Gasteiger charge is 2.18. The molecule has 3 rings (SSSR count). The van der Waals surface area contributed by atoms with Crippen molar-refractivity contribution in [3.05, 3.63) is 77.4 Å². The molecule has 150 valence electrons. The van der Waals surface area contributed by atoms with Gasteiger partial charge in [0.25, 0.3) is 5.91 Å². The molecule has 6 heteroatoms. The first-order chi connectivity index (χ1) is 14.1. The molecule has 0 aliphatic carbocycles. The number of carbonyl (C=O) groups excluding carboxylic acids is 2. The number of hydrogen-bond donors (Lipinski definition) is 2. The normalized spacial score (nSPS) is 15.2. The number of carbonyl (C=O) groups is 2. The Bertz CT molecular complexity index is 911. The smallest absolute Gasteiger partial charge is 0.267 e. The Morgan fingerprint density at radius 1 is 0.897 bits per heavy atom. The average Bonchev–Trinajstić information content (AvgIpc) is 2.77. The highest BCUT2D eigenvalue weighted by atomic mass is 16.5. The number of hydroxylamine groups is 1. The number of allylic oxidation sites excluding steroid dienone is 1. The summed E-state index contributed by atoms with van der Waals surface area (Å²) in [6, 6.07) is 15.2. The van der Waals surface area contributed by atoms with Crippen LogP contribution in [0.4, 0.5) is 5.69 Å². The molecular formula is C23H25N3O3. The summed E-state index contributed by atoms with van der Waals surface area (Å²) in [4.78, 5) is 28.4. The first kappa shape index (κ1) is 20.5. The van der Waals surface area contributed by atoms with Crippen LogP contribution in [-0.4, -0.2) is 55.0 Å². The van der Waals surface area contributed by atoms with E-state index in [9.17, 15) is 9.59 Å². The fraction of sp³-hybridized carbons (Fsp3) is 0.217. The zero-order valence-electron chi connectivity index (χ0n) is 16.4. The van der Waals surface area contributed by atoms with Crippen LogP contribution >= 0.6 is 0 Å². The molecule has 1 aliphatic rings. The number of nitrogens with zero attached hydrogens (tertiary/aromatic N) is 2. The lowest BCUT2D eigenvalue weighted by Gasteiger charge is -2.34. The first-order valence-corrected chi connectivity index (χ1v) is 9.54. The lowest BCUT2D eigenvalue weighted by atomic mass is 10.0. The number of likely N-dealkylation sites (N-methyl/N-ethyl adjacent to an activating group) is 1. The van der Waals surface area contributed by atoms with Crippen molar-refractivity contribution in [1.82, 2.24) is 10.4 Å². The fourth-order valence-corrected chi connectivity index (χ4v) is 3.19. The van der Waals surface area contributed by atoms with Gasteiger partial charge in [0, 0.05) is 43.5 Å². The van der Waals surface area contributed by atoms with Crippen LogP contribution in [0.2, 0.25) is 0 Å². The lowest BCUT2D eigenvalue weighted by Crippen LogP contribution is -2.44. The molecular weight excluding hydrogens is 366 g/mol. The molecule has 0 saturated carbocycles. The van der Waals surface area contributed by atoms with Crippen molar-refractivity contribution in [2.24, 2.45) is 0 Å². The fourth-order valence-electron chi connectivity index (χ4n) is 3.19. The van der Waals surface area contributed by atoms with Crippen LogP contribution in [0.1, 0.15) is 21.5 Å². The molecule has 1 aliphatic heterocycles. The molecule has 2 aromatic carbocycles. The topological polar surface area (TPSA) is 72.9 Å². The van der Waals surface area contributed by atoms with Gasteiger partial charge in [0.15, 0.2) is 5.78 Å². The predicted octanol–water partition coefficient (Wildman–Crippen LogP) is 2.85. The second kappa shape index (κ2) is 9.82. The van der Waals surface area contributed by atoms with Crippen molar-refractivity contribution < 1.29 is 14.8 Å². The summed E-state index contributed by atoms with van der Waals surface area (Å²) in [7, 11) is 2.11. The van der Waals surface area contributed by atoms with Crippen LogP contribution < -0.4 is 10.4 Å². The van der Waals surface area contributed by atoms with Crippen LogP contribution in [-0.2, 0) is 4.79 Å². The van der Waals surface area contributed by atoms with Crippen molar-refractivity contribution in [2.45, 2.75) is 0 Å². The van der Waals surface area contributed by atoms with Gasteiger partial charge in [-0.25, -0.2) is 5.48 Å². The Hall–Kier alpha value is -3.22. The minimum absolute atomic E-state index is 0.0249. The molecule has 6 nitrogen and oxygen atoms in total. The van der Waals surface area contributed by atoms with Gasteiger partial charge in [0.05, 0.1) is 0 Å². The molecule has 2 N–H and O–H groups in total. The van der Waals surface area contributed by atoms with E-state index in [1.807, 2.05) is 48.5 Å². The van der Waals surface area contributed by atoms with Gasteiger partial charge in [-0.1, -0.05) is 42.5 Å². The molecule has 1 saturated heterocycles. The van der Waals surface area contributed by atoms with Crippen molar-refractivity contribution in [1.29, 1.82) is 0 Å². The highest BCUT2D eigenvalue weighted by Crippen LogP contribution is 2.23. The Morgan fingerprint density at radius 2 is 1.48 bits per heavy atom. The molecule has 0 radical (unpaired) electrons. The second-order valence-electron chi connectivity index (χ2n) is 6.98. The van der Waals surface area contributed by atoms with Crippen molar-refractivity contribution >= 4 is 29.5 Å². The number of amides is 1. The molecule has 1 amide bonds. The second-order valence-corrected chi connectivity index (χ2v) is 6.98. The maximum atomic E-state index is 12.8. The van der Waals surface area contributed by atoms with Gasteiger partial charge < -0.3 is 9.80 Å². The molecule has 29 heavy (non-hydrogen) atoms. The molecule has 0 aromatic heterocycles. The van der Waals surface area contributed by atoms with E-state index in [2.05, 4.69) is 16.8 Å². The number of para-hydroxylation sites is 1. The van der Waals surface area contributed by atoms with E-state index in [0.29, 0.717) is 5.56 Å². The quantitative estimate of drug-likeness (QED) is 0.343. The van der Waals surface area contributed by atoms with Crippen LogP contribution in [0.5, 0.6) is 0 Å². The van der Waals surface area contributed by atoms with Gasteiger partial charge in [0.1, 0.15) is 0 Å². The lowest BCUT2D eigenvalue weighted by molar-refractivity contribution is -0.124. The average molecular weight is 391 g/mol. The summed E-state index contributed by atoms with van der Waals surface area (Å²) in [5.41, 5.74) is 4.95. The Balaban J connectivity index is 1.70. The maximum Gasteiger partial charge on any atom is 0.267 e. The van der Waals surface area contributed by atoms with E-state index in [1.165, 1.54) is 6.08 Å². The Labute approximate surface area is 170 Å². The first-order valence-electron chi connectivity index (χ1n) is 9.54. The van der Waals surface area contributed by atoms with Gasteiger partial charge >= 0.3 is 0 Å². The Morgan fingerprint density at radius 3 is 2.10 bits per heavy atom. The number of piperazine rings is 1. The van der Waals surface area contributed by atoms with E-state index in [1.54, 1.807) is 23.7 Å². The zero-order valence-corrected chi connectivity index (χ0v) is 16.4. The van der Waals surface area contributed by atoms with E-state index in [0.717, 1.165) is 43.0 Å². The van der Waals surface area contributed by atoms with Gasteiger partial charge in [-0.05, 0) is 42.5 Å². The van der Waals surface area contributed by atoms with Crippen LogP contribution in [0.15, 0.2) is 60.7 Å². The van der Waals surface area contributed by atoms with Gasteiger partial charge in [-0.3, -0.25) is 14.8 Å². The standard InChI is InChI=1S/C23H25N3O3/c1-25-14-16-26(17-15-25)21-5-3-2-4-20(21)22(27)12-10-18-6-8-19(9-7-18)11-13-23(28)24-29/h2-13,29H,14-17H2,1H3,(H,24,28)/b12-10+,13-11+. The van der Waals surface area contributed by atoms with Crippen LogP contribution in [0, 0.1) is 0 Å². The van der Waals surface area contributed by atoms with Crippen LogP contribution in [0.3, 0.4) is 0 Å². The van der Waals surface area contributed by atoms with Gasteiger partial charge in [-0.2, -0.15) is 0 Å². The summed E-state index contributed by atoms with van der Waals surface area (Å²) in [6.07, 6.45) is 6.22.